The maximum Gasteiger partial charge on any atom is 0.221 e. The molecule has 7 nitrogen and oxygen atoms in total. The number of anilines is 1. The van der Waals surface area contributed by atoms with Gasteiger partial charge in [0, 0.05) is 43.4 Å². The maximum atomic E-state index is 11.9. The molecule has 1 aliphatic heterocycles. The number of nitrogens with one attached hydrogen (secondary N) is 4. The van der Waals surface area contributed by atoms with Gasteiger partial charge >= 0.3 is 0 Å². The minimum atomic E-state index is 0.0509. The summed E-state index contributed by atoms with van der Waals surface area (Å²) in [6, 6.07) is 8.19. The summed E-state index contributed by atoms with van der Waals surface area (Å²) in [5, 5.41) is 7.17. The summed E-state index contributed by atoms with van der Waals surface area (Å²) in [5.74, 6) is 1.24. The molecule has 1 saturated heterocycles. The second-order valence-corrected chi connectivity index (χ2v) is 5.79. The van der Waals surface area contributed by atoms with Gasteiger partial charge in [0.1, 0.15) is 12.1 Å². The van der Waals surface area contributed by atoms with Crippen LogP contribution < -0.4 is 21.5 Å². The third kappa shape index (κ3) is 3.94. The van der Waals surface area contributed by atoms with E-state index in [1.54, 1.807) is 0 Å². The minimum Gasteiger partial charge on any atom is -0.369 e. The van der Waals surface area contributed by atoms with Gasteiger partial charge in [-0.05, 0) is 19.1 Å². The summed E-state index contributed by atoms with van der Waals surface area (Å²) in [5.41, 5.74) is 7.14. The molecule has 2 aromatic rings. The molecule has 1 fully saturated rings. The Morgan fingerprint density at radius 3 is 3.04 bits per heavy atom. The van der Waals surface area contributed by atoms with E-state index in [0.717, 1.165) is 23.3 Å². The molecule has 1 aromatic carbocycles. The normalized spacial score (nSPS) is 20.6. The first-order valence-electron chi connectivity index (χ1n) is 7.93. The van der Waals surface area contributed by atoms with Crippen LogP contribution in [0.3, 0.4) is 0 Å². The Hall–Kier alpha value is -2.25. The molecule has 0 bridgehead atoms. The zero-order chi connectivity index (χ0) is 16.1. The highest BCUT2D eigenvalue weighted by Gasteiger charge is 2.22. The highest BCUT2D eigenvalue weighted by Crippen LogP contribution is 2.17. The summed E-state index contributed by atoms with van der Waals surface area (Å²) < 4.78 is 0. The Balaban J connectivity index is 1.46. The van der Waals surface area contributed by atoms with E-state index in [-0.39, 0.29) is 5.91 Å². The van der Waals surface area contributed by atoms with Crippen LogP contribution in [0.2, 0.25) is 0 Å². The van der Waals surface area contributed by atoms with Crippen molar-refractivity contribution in [1.82, 2.24) is 26.1 Å². The molecule has 4 N–H and O–H groups in total. The first-order valence-corrected chi connectivity index (χ1v) is 7.93. The van der Waals surface area contributed by atoms with E-state index >= 15 is 0 Å². The van der Waals surface area contributed by atoms with Crippen LogP contribution in [0.15, 0.2) is 30.6 Å². The number of para-hydroxylation sites is 1. The second-order valence-electron chi connectivity index (χ2n) is 5.79. The molecule has 3 rings (SSSR count). The molecule has 1 amide bonds. The lowest BCUT2D eigenvalue weighted by Crippen LogP contribution is -2.35. The van der Waals surface area contributed by atoms with Gasteiger partial charge in [-0.25, -0.2) is 9.97 Å². The highest BCUT2D eigenvalue weighted by atomic mass is 16.1. The average molecular weight is 314 g/mol. The lowest BCUT2D eigenvalue weighted by atomic mass is 10.0. The maximum absolute atomic E-state index is 11.9. The Labute approximate surface area is 135 Å². The van der Waals surface area contributed by atoms with E-state index in [0.29, 0.717) is 31.5 Å². The first kappa shape index (κ1) is 15.6. The summed E-state index contributed by atoms with van der Waals surface area (Å²) in [7, 11) is 0. The molecule has 0 aliphatic carbocycles. The molecular weight excluding hydrogens is 292 g/mol. The lowest BCUT2D eigenvalue weighted by molar-refractivity contribution is -0.121. The predicted octanol–water partition coefficient (Wildman–Crippen LogP) is 0.661. The number of hydrazine groups is 1. The van der Waals surface area contributed by atoms with Gasteiger partial charge in [0.15, 0.2) is 0 Å². The lowest BCUT2D eigenvalue weighted by Gasteiger charge is -2.14. The Kier molecular flexibility index (Phi) is 4.99. The summed E-state index contributed by atoms with van der Waals surface area (Å²) in [6.07, 6.45) is 1.95. The number of aromatic nitrogens is 2. The number of nitrogens with zero attached hydrogens (tertiary/aromatic N) is 2. The van der Waals surface area contributed by atoms with Crippen molar-refractivity contribution < 1.29 is 4.79 Å². The Morgan fingerprint density at radius 2 is 2.22 bits per heavy atom. The molecule has 0 saturated carbocycles. The van der Waals surface area contributed by atoms with Crippen molar-refractivity contribution in [2.75, 3.05) is 25.0 Å². The van der Waals surface area contributed by atoms with Gasteiger partial charge in [-0.15, -0.1) is 0 Å². The Morgan fingerprint density at radius 1 is 1.35 bits per heavy atom. The molecule has 0 spiro atoms. The number of hydrogen-bond donors (Lipinski definition) is 4. The molecule has 1 aromatic heterocycles. The molecule has 1 aliphatic rings. The van der Waals surface area contributed by atoms with Crippen molar-refractivity contribution in [2.24, 2.45) is 5.92 Å². The largest absolute Gasteiger partial charge is 0.369 e. The molecule has 2 atom stereocenters. The van der Waals surface area contributed by atoms with Crippen molar-refractivity contribution >= 4 is 22.6 Å². The summed E-state index contributed by atoms with van der Waals surface area (Å²) in [6.45, 7) is 4.23. The van der Waals surface area contributed by atoms with E-state index in [4.69, 9.17) is 0 Å². The van der Waals surface area contributed by atoms with E-state index in [2.05, 4.69) is 38.4 Å². The minimum absolute atomic E-state index is 0.0509. The molecule has 23 heavy (non-hydrogen) atoms. The summed E-state index contributed by atoms with van der Waals surface area (Å²) in [4.78, 5) is 20.4. The van der Waals surface area contributed by atoms with Crippen LogP contribution in [-0.4, -0.2) is 41.6 Å². The fraction of sp³-hybridized carbons (Fsp3) is 0.438. The van der Waals surface area contributed by atoms with Crippen LogP contribution in [0.1, 0.15) is 13.3 Å². The molecule has 0 radical (unpaired) electrons. The van der Waals surface area contributed by atoms with Crippen molar-refractivity contribution in [1.29, 1.82) is 0 Å². The standard InChI is InChI=1S/C16H22N6O/c1-11-12(9-21-22-11)8-18-15(23)6-7-17-16-13-4-2-3-5-14(13)19-10-20-16/h2-5,10-12,21-22H,6-9H2,1H3,(H,18,23)(H,17,19,20). The van der Waals surface area contributed by atoms with Crippen LogP contribution in [0.4, 0.5) is 5.82 Å². The van der Waals surface area contributed by atoms with Gasteiger partial charge in [0.05, 0.1) is 5.52 Å². The number of benzene rings is 1. The Bertz CT molecular complexity index is 671. The predicted molar refractivity (Wildman–Crippen MR) is 89.7 cm³/mol. The molecule has 2 heterocycles. The SMILES string of the molecule is CC1NNCC1CNC(=O)CCNc1ncnc2ccccc12. The van der Waals surface area contributed by atoms with Crippen molar-refractivity contribution in [3.05, 3.63) is 30.6 Å². The van der Waals surface area contributed by atoms with Crippen molar-refractivity contribution in [3.8, 4) is 0 Å². The average Bonchev–Trinajstić information content (AvgIpc) is 2.98. The van der Waals surface area contributed by atoms with Crippen molar-refractivity contribution in [2.45, 2.75) is 19.4 Å². The molecule has 7 heteroatoms. The molecular formula is C16H22N6O. The van der Waals surface area contributed by atoms with Gasteiger partial charge in [0.2, 0.25) is 5.91 Å². The van der Waals surface area contributed by atoms with E-state index in [1.807, 2.05) is 24.3 Å². The monoisotopic (exact) mass is 314 g/mol. The van der Waals surface area contributed by atoms with Crippen LogP contribution in [-0.2, 0) is 4.79 Å². The topological polar surface area (TPSA) is 91.0 Å². The number of carbonyl (C=O) groups excluding carboxylic acids is 1. The number of hydrogen-bond acceptors (Lipinski definition) is 6. The third-order valence-electron chi connectivity index (χ3n) is 4.15. The number of fused-ring (bicyclic) bond motifs is 1. The summed E-state index contributed by atoms with van der Waals surface area (Å²) >= 11 is 0. The van der Waals surface area contributed by atoms with Gasteiger partial charge in [-0.3, -0.25) is 15.6 Å². The zero-order valence-electron chi connectivity index (χ0n) is 13.2. The molecule has 122 valence electrons. The fourth-order valence-electron chi connectivity index (χ4n) is 2.67. The first-order chi connectivity index (χ1) is 11.2. The quantitative estimate of drug-likeness (QED) is 0.626. The van der Waals surface area contributed by atoms with Crippen LogP contribution in [0.25, 0.3) is 10.9 Å². The van der Waals surface area contributed by atoms with Gasteiger partial charge in [-0.2, -0.15) is 0 Å². The second kappa shape index (κ2) is 7.34. The van der Waals surface area contributed by atoms with Gasteiger partial charge in [-0.1, -0.05) is 12.1 Å². The van der Waals surface area contributed by atoms with E-state index in [1.165, 1.54) is 6.33 Å². The van der Waals surface area contributed by atoms with Crippen molar-refractivity contribution in [3.63, 3.8) is 0 Å². The fourth-order valence-corrected chi connectivity index (χ4v) is 2.67. The van der Waals surface area contributed by atoms with Crippen LogP contribution >= 0.6 is 0 Å². The van der Waals surface area contributed by atoms with Gasteiger partial charge in [0.25, 0.3) is 0 Å². The van der Waals surface area contributed by atoms with Crippen LogP contribution in [0.5, 0.6) is 0 Å². The highest BCUT2D eigenvalue weighted by molar-refractivity contribution is 5.88. The molecule has 2 unspecified atom stereocenters. The van der Waals surface area contributed by atoms with Crippen LogP contribution in [0, 0.1) is 5.92 Å². The smallest absolute Gasteiger partial charge is 0.221 e. The zero-order valence-corrected chi connectivity index (χ0v) is 13.2. The number of amides is 1. The number of rotatable bonds is 6. The van der Waals surface area contributed by atoms with E-state index in [9.17, 15) is 4.79 Å². The third-order valence-corrected chi connectivity index (χ3v) is 4.15. The van der Waals surface area contributed by atoms with E-state index < -0.39 is 0 Å². The number of carbonyl (C=O) groups is 1. The van der Waals surface area contributed by atoms with Gasteiger partial charge < -0.3 is 10.6 Å².